The summed E-state index contributed by atoms with van der Waals surface area (Å²) < 4.78 is 0. The number of nitrogens with zero attached hydrogens (tertiary/aromatic N) is 4. The maximum atomic E-state index is 10.6. The monoisotopic (exact) mass is 628 g/mol. The molecular weight excluding hydrogens is 609 g/mol. The molecule has 0 aliphatic rings. The van der Waals surface area contributed by atoms with Gasteiger partial charge in [-0.25, -0.2) is 0 Å². The molecule has 0 bridgehead atoms. The van der Waals surface area contributed by atoms with Gasteiger partial charge in [-0.2, -0.15) is 21.0 Å². The van der Waals surface area contributed by atoms with Crippen LogP contribution in [0.25, 0.3) is 97.7 Å². The molecule has 0 heterocycles. The maximum absolute atomic E-state index is 10.6. The fourth-order valence-electron chi connectivity index (χ4n) is 8.60. The van der Waals surface area contributed by atoms with Crippen molar-refractivity contribution in [3.63, 3.8) is 0 Å². The molecule has 0 unspecified atom stereocenters. The molecule has 0 N–H and O–H groups in total. The molecule has 0 aliphatic heterocycles. The van der Waals surface area contributed by atoms with E-state index in [0.717, 1.165) is 81.1 Å². The topological polar surface area (TPSA) is 95.2 Å². The van der Waals surface area contributed by atoms with E-state index in [-0.39, 0.29) is 0 Å². The molecule has 50 heavy (non-hydrogen) atoms. The number of nitriles is 4. The highest BCUT2D eigenvalue weighted by molar-refractivity contribution is 6.42. The molecule has 10 aromatic rings. The van der Waals surface area contributed by atoms with Gasteiger partial charge in [-0.05, 0) is 112 Å². The molecule has 0 atom stereocenters. The van der Waals surface area contributed by atoms with E-state index in [9.17, 15) is 21.0 Å². The number of hydrogen-bond acceptors (Lipinski definition) is 4. The number of hydrogen-bond donors (Lipinski definition) is 0. The van der Waals surface area contributed by atoms with Gasteiger partial charge in [0, 0.05) is 22.3 Å². The lowest BCUT2D eigenvalue weighted by Gasteiger charge is -2.19. The van der Waals surface area contributed by atoms with Crippen molar-refractivity contribution in [2.45, 2.75) is 0 Å². The standard InChI is InChI=1S/C46H20N4/c47-21-27-11-1-12-28(22-48)39(27)45-37-19-35-31-15-3-7-25-8-4-16-32(41(25)31)36(35)20-38(37)46(40-29(23-49)13-2-14-30(40)24-50)44-34-18-6-10-26-9-5-17-33(42(26)34)43(44)45/h1-20H. The van der Waals surface area contributed by atoms with Gasteiger partial charge < -0.3 is 0 Å². The van der Waals surface area contributed by atoms with Gasteiger partial charge >= 0.3 is 0 Å². The Hall–Kier alpha value is -7.50. The first-order valence-corrected chi connectivity index (χ1v) is 16.3. The van der Waals surface area contributed by atoms with Crippen LogP contribution in [-0.2, 0) is 0 Å². The van der Waals surface area contributed by atoms with Crippen molar-refractivity contribution in [2.75, 3.05) is 0 Å². The molecule has 4 nitrogen and oxygen atoms in total. The van der Waals surface area contributed by atoms with Crippen molar-refractivity contribution in [1.82, 2.24) is 0 Å². The Morgan fingerprint density at radius 2 is 0.600 bits per heavy atom. The lowest BCUT2D eigenvalue weighted by Crippen LogP contribution is -1.97. The molecule has 0 saturated heterocycles. The van der Waals surface area contributed by atoms with E-state index in [2.05, 4.69) is 97.1 Å². The summed E-state index contributed by atoms with van der Waals surface area (Å²) in [7, 11) is 0. The third-order valence-corrected chi connectivity index (χ3v) is 10.5. The summed E-state index contributed by atoms with van der Waals surface area (Å²) >= 11 is 0. The summed E-state index contributed by atoms with van der Waals surface area (Å²) in [5.74, 6) is 0. The van der Waals surface area contributed by atoms with E-state index in [0.29, 0.717) is 33.4 Å². The molecule has 10 aromatic carbocycles. The first kappa shape index (κ1) is 27.6. The minimum atomic E-state index is 0.407. The minimum Gasteiger partial charge on any atom is -0.192 e. The van der Waals surface area contributed by atoms with Crippen LogP contribution < -0.4 is 0 Å². The Morgan fingerprint density at radius 1 is 0.280 bits per heavy atom. The van der Waals surface area contributed by atoms with E-state index in [1.54, 1.807) is 36.4 Å². The molecule has 0 aliphatic carbocycles. The van der Waals surface area contributed by atoms with E-state index >= 15 is 0 Å². The van der Waals surface area contributed by atoms with Gasteiger partial charge in [0.25, 0.3) is 0 Å². The molecule has 224 valence electrons. The van der Waals surface area contributed by atoms with Crippen LogP contribution in [0.4, 0.5) is 0 Å². The fourth-order valence-corrected chi connectivity index (χ4v) is 8.60. The first-order chi connectivity index (χ1) is 24.7. The van der Waals surface area contributed by atoms with Gasteiger partial charge in [0.05, 0.1) is 46.5 Å². The Labute approximate surface area is 285 Å². The molecule has 10 rings (SSSR count). The second kappa shape index (κ2) is 10.0. The number of benzene rings is 8. The molecule has 0 radical (unpaired) electrons. The van der Waals surface area contributed by atoms with Crippen molar-refractivity contribution < 1.29 is 0 Å². The largest absolute Gasteiger partial charge is 0.192 e. The lowest BCUT2D eigenvalue weighted by atomic mass is 9.81. The summed E-state index contributed by atoms with van der Waals surface area (Å²) in [6, 6.07) is 49.8. The van der Waals surface area contributed by atoms with Crippen molar-refractivity contribution in [3.8, 4) is 46.5 Å². The van der Waals surface area contributed by atoms with Crippen LogP contribution in [-0.4, -0.2) is 0 Å². The SMILES string of the molecule is N#Cc1cccc(C#N)c1-c1c2cc3c(cc2c(-c2c(C#N)cccc2C#N)c2c4cccc5cccc(c12)c54)c1cccc2cccc3c21. The smallest absolute Gasteiger partial charge is 0.0998 e. The van der Waals surface area contributed by atoms with Crippen molar-refractivity contribution in [1.29, 1.82) is 21.0 Å². The van der Waals surface area contributed by atoms with Gasteiger partial charge in [-0.1, -0.05) is 84.9 Å². The average Bonchev–Trinajstić information content (AvgIpc) is 3.67. The Bertz CT molecular complexity index is 3030. The summed E-state index contributed by atoms with van der Waals surface area (Å²) in [4.78, 5) is 0. The van der Waals surface area contributed by atoms with Crippen molar-refractivity contribution in [3.05, 3.63) is 144 Å². The fraction of sp³-hybridized carbons (Fsp3) is 0. The molecule has 4 heteroatoms. The van der Waals surface area contributed by atoms with Crippen LogP contribution in [0.15, 0.2) is 121 Å². The van der Waals surface area contributed by atoms with Crippen LogP contribution >= 0.6 is 0 Å². The zero-order valence-electron chi connectivity index (χ0n) is 26.3. The van der Waals surface area contributed by atoms with Crippen molar-refractivity contribution >= 4 is 75.4 Å². The van der Waals surface area contributed by atoms with Gasteiger partial charge in [-0.15, -0.1) is 0 Å². The molecular formula is C46H20N4. The number of rotatable bonds is 2. The zero-order valence-corrected chi connectivity index (χ0v) is 26.3. The Morgan fingerprint density at radius 3 is 0.960 bits per heavy atom. The zero-order chi connectivity index (χ0) is 33.7. The van der Waals surface area contributed by atoms with Gasteiger partial charge in [-0.3, -0.25) is 0 Å². The highest BCUT2D eigenvalue weighted by Gasteiger charge is 2.28. The second-order valence-electron chi connectivity index (χ2n) is 12.8. The summed E-state index contributed by atoms with van der Waals surface area (Å²) in [6.07, 6.45) is 0. The van der Waals surface area contributed by atoms with E-state index in [4.69, 9.17) is 0 Å². The second-order valence-corrected chi connectivity index (χ2v) is 12.8. The minimum absolute atomic E-state index is 0.407. The van der Waals surface area contributed by atoms with Crippen LogP contribution in [0, 0.1) is 45.3 Å². The third kappa shape index (κ3) is 3.39. The van der Waals surface area contributed by atoms with Crippen LogP contribution in [0.3, 0.4) is 0 Å². The summed E-state index contributed by atoms with van der Waals surface area (Å²) in [5, 5.41) is 56.5. The lowest BCUT2D eigenvalue weighted by molar-refractivity contribution is 1.45. The highest BCUT2D eigenvalue weighted by Crippen LogP contribution is 2.54. The molecule has 0 spiro atoms. The first-order valence-electron chi connectivity index (χ1n) is 16.3. The Kier molecular flexibility index (Phi) is 5.52. The van der Waals surface area contributed by atoms with Crippen LogP contribution in [0.2, 0.25) is 0 Å². The molecule has 0 amide bonds. The quantitative estimate of drug-likeness (QED) is 0.190. The maximum Gasteiger partial charge on any atom is 0.0998 e. The van der Waals surface area contributed by atoms with Crippen molar-refractivity contribution in [2.24, 2.45) is 0 Å². The van der Waals surface area contributed by atoms with E-state index < -0.39 is 0 Å². The Balaban J connectivity index is 1.62. The molecule has 0 fully saturated rings. The normalized spacial score (nSPS) is 11.5. The molecule has 0 saturated carbocycles. The highest BCUT2D eigenvalue weighted by atomic mass is 14.3. The van der Waals surface area contributed by atoms with E-state index in [1.807, 2.05) is 12.1 Å². The number of fused-ring (bicyclic) bond motifs is 7. The van der Waals surface area contributed by atoms with Crippen LogP contribution in [0.5, 0.6) is 0 Å². The van der Waals surface area contributed by atoms with Gasteiger partial charge in [0.15, 0.2) is 0 Å². The molecule has 0 aromatic heterocycles. The van der Waals surface area contributed by atoms with Gasteiger partial charge in [0.1, 0.15) is 0 Å². The van der Waals surface area contributed by atoms with Crippen LogP contribution in [0.1, 0.15) is 22.3 Å². The van der Waals surface area contributed by atoms with E-state index in [1.165, 1.54) is 5.39 Å². The van der Waals surface area contributed by atoms with Gasteiger partial charge in [0.2, 0.25) is 0 Å². The predicted octanol–water partition coefficient (Wildman–Crippen LogP) is 11.5. The third-order valence-electron chi connectivity index (χ3n) is 10.5. The predicted molar refractivity (Wildman–Crippen MR) is 201 cm³/mol. The summed E-state index contributed by atoms with van der Waals surface area (Å²) in [5.41, 5.74) is 4.39. The average molecular weight is 629 g/mol. The summed E-state index contributed by atoms with van der Waals surface area (Å²) in [6.45, 7) is 0.